The summed E-state index contributed by atoms with van der Waals surface area (Å²) in [6, 6.07) is 7.42. The third kappa shape index (κ3) is 5.01. The minimum absolute atomic E-state index is 0.144. The van der Waals surface area contributed by atoms with Crippen LogP contribution in [0, 0.1) is 6.92 Å². The van der Waals surface area contributed by atoms with E-state index in [9.17, 15) is 9.90 Å². The van der Waals surface area contributed by atoms with Crippen molar-refractivity contribution in [3.05, 3.63) is 35.4 Å². The van der Waals surface area contributed by atoms with Gasteiger partial charge in [0.15, 0.2) is 5.78 Å². The molecule has 100 valence electrons. The van der Waals surface area contributed by atoms with Crippen LogP contribution in [0.25, 0.3) is 0 Å². The topological polar surface area (TPSA) is 37.3 Å². The number of rotatable bonds is 8. The number of hydrogen-bond donors (Lipinski definition) is 1. The van der Waals surface area contributed by atoms with Gasteiger partial charge >= 0.3 is 0 Å². The maximum Gasteiger partial charge on any atom is 0.191 e. The van der Waals surface area contributed by atoms with E-state index in [4.69, 9.17) is 0 Å². The van der Waals surface area contributed by atoms with Crippen LogP contribution in [-0.2, 0) is 0 Å². The van der Waals surface area contributed by atoms with Gasteiger partial charge in [-0.2, -0.15) is 0 Å². The highest BCUT2D eigenvalue weighted by Crippen LogP contribution is 2.12. The van der Waals surface area contributed by atoms with E-state index in [1.165, 1.54) is 19.3 Å². The van der Waals surface area contributed by atoms with Crippen molar-refractivity contribution in [2.75, 3.05) is 0 Å². The van der Waals surface area contributed by atoms with Crippen LogP contribution >= 0.6 is 0 Å². The van der Waals surface area contributed by atoms with Gasteiger partial charge in [-0.1, -0.05) is 62.8 Å². The molecule has 0 amide bonds. The molecule has 0 bridgehead atoms. The molecule has 1 unspecified atom stereocenters. The Morgan fingerprint density at radius 2 is 1.94 bits per heavy atom. The largest absolute Gasteiger partial charge is 0.385 e. The summed E-state index contributed by atoms with van der Waals surface area (Å²) in [5.74, 6) is -0.144. The van der Waals surface area contributed by atoms with Gasteiger partial charge in [-0.25, -0.2) is 0 Å². The molecule has 0 aliphatic rings. The van der Waals surface area contributed by atoms with E-state index < -0.39 is 6.10 Å². The summed E-state index contributed by atoms with van der Waals surface area (Å²) < 4.78 is 0. The predicted octanol–water partition coefficient (Wildman–Crippen LogP) is 3.90. The Morgan fingerprint density at radius 3 is 2.61 bits per heavy atom. The molecule has 0 spiro atoms. The molecule has 0 radical (unpaired) electrons. The highest BCUT2D eigenvalue weighted by atomic mass is 16.3. The Labute approximate surface area is 110 Å². The van der Waals surface area contributed by atoms with Gasteiger partial charge in [0, 0.05) is 5.56 Å². The van der Waals surface area contributed by atoms with Gasteiger partial charge in [0.05, 0.1) is 0 Å². The van der Waals surface area contributed by atoms with Gasteiger partial charge in [-0.15, -0.1) is 0 Å². The van der Waals surface area contributed by atoms with Gasteiger partial charge in [0.25, 0.3) is 0 Å². The molecule has 0 aliphatic heterocycles. The third-order valence-corrected chi connectivity index (χ3v) is 3.19. The molecule has 18 heavy (non-hydrogen) atoms. The fourth-order valence-corrected chi connectivity index (χ4v) is 2.06. The van der Waals surface area contributed by atoms with E-state index in [1.807, 2.05) is 25.1 Å². The van der Waals surface area contributed by atoms with E-state index in [0.717, 1.165) is 18.4 Å². The molecule has 0 heterocycles. The van der Waals surface area contributed by atoms with Crippen molar-refractivity contribution in [2.24, 2.45) is 0 Å². The monoisotopic (exact) mass is 248 g/mol. The predicted molar refractivity (Wildman–Crippen MR) is 74.9 cm³/mol. The van der Waals surface area contributed by atoms with Crippen LogP contribution in [0.2, 0.25) is 0 Å². The first-order chi connectivity index (χ1) is 8.65. The average molecular weight is 248 g/mol. The maximum atomic E-state index is 12.0. The Bertz CT molecular complexity index is 371. The fraction of sp³-hybridized carbons (Fsp3) is 0.562. The fourth-order valence-electron chi connectivity index (χ4n) is 2.06. The van der Waals surface area contributed by atoms with Crippen LogP contribution in [0.3, 0.4) is 0 Å². The SMILES string of the molecule is CCCCCCCC(O)C(=O)c1cccc(C)c1. The Hall–Kier alpha value is -1.15. The second-order valence-corrected chi connectivity index (χ2v) is 4.95. The van der Waals surface area contributed by atoms with Crippen LogP contribution in [-0.4, -0.2) is 17.0 Å². The van der Waals surface area contributed by atoms with Crippen LogP contribution in [0.5, 0.6) is 0 Å². The third-order valence-electron chi connectivity index (χ3n) is 3.19. The summed E-state index contributed by atoms with van der Waals surface area (Å²) in [4.78, 5) is 12.0. The molecule has 0 aromatic heterocycles. The van der Waals surface area contributed by atoms with Crippen molar-refractivity contribution in [3.8, 4) is 0 Å². The lowest BCUT2D eigenvalue weighted by molar-refractivity contribution is 0.0725. The quantitative estimate of drug-likeness (QED) is 0.559. The van der Waals surface area contributed by atoms with E-state index in [-0.39, 0.29) is 5.78 Å². The number of unbranched alkanes of at least 4 members (excludes halogenated alkanes) is 4. The zero-order valence-electron chi connectivity index (χ0n) is 11.5. The van der Waals surface area contributed by atoms with E-state index in [2.05, 4.69) is 6.92 Å². The van der Waals surface area contributed by atoms with Crippen molar-refractivity contribution < 1.29 is 9.90 Å². The number of ketones is 1. The highest BCUT2D eigenvalue weighted by Gasteiger charge is 2.16. The molecule has 1 N–H and O–H groups in total. The first kappa shape index (κ1) is 14.9. The average Bonchev–Trinajstić information content (AvgIpc) is 2.37. The lowest BCUT2D eigenvalue weighted by atomic mass is 9.99. The molecule has 1 atom stereocenters. The smallest absolute Gasteiger partial charge is 0.191 e. The lowest BCUT2D eigenvalue weighted by Crippen LogP contribution is -2.20. The number of benzene rings is 1. The molecule has 1 rings (SSSR count). The first-order valence-corrected chi connectivity index (χ1v) is 6.94. The summed E-state index contributed by atoms with van der Waals surface area (Å²) in [6.45, 7) is 4.13. The van der Waals surface area contributed by atoms with Crippen molar-refractivity contribution in [1.82, 2.24) is 0 Å². The Morgan fingerprint density at radius 1 is 1.22 bits per heavy atom. The van der Waals surface area contributed by atoms with Gasteiger partial charge in [0.2, 0.25) is 0 Å². The van der Waals surface area contributed by atoms with Crippen LogP contribution in [0.15, 0.2) is 24.3 Å². The molecule has 0 fully saturated rings. The number of hydrogen-bond acceptors (Lipinski definition) is 2. The molecule has 0 saturated heterocycles. The molecular weight excluding hydrogens is 224 g/mol. The number of carbonyl (C=O) groups is 1. The molecular formula is C16H24O2. The molecule has 1 aromatic carbocycles. The van der Waals surface area contributed by atoms with Gasteiger partial charge in [-0.3, -0.25) is 4.79 Å². The lowest BCUT2D eigenvalue weighted by Gasteiger charge is -2.10. The summed E-state index contributed by atoms with van der Waals surface area (Å²) in [6.07, 6.45) is 5.42. The van der Waals surface area contributed by atoms with Crippen molar-refractivity contribution in [1.29, 1.82) is 0 Å². The van der Waals surface area contributed by atoms with Crippen molar-refractivity contribution in [3.63, 3.8) is 0 Å². The summed E-state index contributed by atoms with van der Waals surface area (Å²) in [7, 11) is 0. The molecule has 0 saturated carbocycles. The first-order valence-electron chi connectivity index (χ1n) is 6.94. The second-order valence-electron chi connectivity index (χ2n) is 4.95. The summed E-state index contributed by atoms with van der Waals surface area (Å²) in [5, 5.41) is 9.87. The Kier molecular flexibility index (Phi) is 6.66. The van der Waals surface area contributed by atoms with E-state index >= 15 is 0 Å². The van der Waals surface area contributed by atoms with Crippen LogP contribution in [0.4, 0.5) is 0 Å². The molecule has 2 heteroatoms. The minimum Gasteiger partial charge on any atom is -0.385 e. The molecule has 1 aromatic rings. The van der Waals surface area contributed by atoms with Crippen LogP contribution in [0.1, 0.15) is 61.4 Å². The van der Waals surface area contributed by atoms with Crippen molar-refractivity contribution in [2.45, 2.75) is 58.5 Å². The maximum absolute atomic E-state index is 12.0. The second kappa shape index (κ2) is 8.04. The number of Topliss-reactive ketones (excluding diaryl/α,β-unsaturated/α-hetero) is 1. The number of aryl methyl sites for hydroxylation is 1. The number of aliphatic hydroxyl groups excluding tert-OH is 1. The number of carbonyl (C=O) groups excluding carboxylic acids is 1. The molecule has 0 aliphatic carbocycles. The van der Waals surface area contributed by atoms with E-state index in [1.54, 1.807) is 6.07 Å². The highest BCUT2D eigenvalue weighted by molar-refractivity contribution is 5.99. The minimum atomic E-state index is -0.839. The normalized spacial score (nSPS) is 12.4. The standard InChI is InChI=1S/C16H24O2/c1-3-4-5-6-7-11-15(17)16(18)14-10-8-9-13(2)12-14/h8-10,12,15,17H,3-7,11H2,1-2H3. The van der Waals surface area contributed by atoms with Gasteiger partial charge < -0.3 is 5.11 Å². The van der Waals surface area contributed by atoms with Gasteiger partial charge in [-0.05, 0) is 19.4 Å². The van der Waals surface area contributed by atoms with Crippen LogP contribution < -0.4 is 0 Å². The van der Waals surface area contributed by atoms with E-state index in [0.29, 0.717) is 12.0 Å². The zero-order chi connectivity index (χ0) is 13.4. The Balaban J connectivity index is 2.37. The zero-order valence-corrected chi connectivity index (χ0v) is 11.5. The summed E-state index contributed by atoms with van der Waals surface area (Å²) in [5.41, 5.74) is 1.67. The number of aliphatic hydroxyl groups is 1. The summed E-state index contributed by atoms with van der Waals surface area (Å²) >= 11 is 0. The van der Waals surface area contributed by atoms with Gasteiger partial charge in [0.1, 0.15) is 6.10 Å². The van der Waals surface area contributed by atoms with Crippen molar-refractivity contribution >= 4 is 5.78 Å². The molecule has 2 nitrogen and oxygen atoms in total.